The van der Waals surface area contributed by atoms with Crippen LogP contribution in [-0.2, 0) is 6.61 Å². The summed E-state index contributed by atoms with van der Waals surface area (Å²) in [4.78, 5) is 17.7. The van der Waals surface area contributed by atoms with Crippen LogP contribution in [-0.4, -0.2) is 17.1 Å². The highest BCUT2D eigenvalue weighted by molar-refractivity contribution is 7.98. The van der Waals surface area contributed by atoms with E-state index in [-0.39, 0.29) is 5.91 Å². The molecule has 0 aliphatic carbocycles. The molecule has 0 unspecified atom stereocenters. The molecule has 3 rings (SSSR count). The van der Waals surface area contributed by atoms with E-state index in [4.69, 9.17) is 4.74 Å². The lowest BCUT2D eigenvalue weighted by Crippen LogP contribution is -2.11. The fourth-order valence-electron chi connectivity index (χ4n) is 2.07. The maximum Gasteiger partial charge on any atom is 0.255 e. The normalized spacial score (nSPS) is 10.4. The molecule has 0 saturated carbocycles. The Balaban J connectivity index is 1.64. The molecule has 24 heavy (non-hydrogen) atoms. The van der Waals surface area contributed by atoms with E-state index in [1.807, 2.05) is 48.0 Å². The summed E-state index contributed by atoms with van der Waals surface area (Å²) in [5.41, 5.74) is 3.97. The van der Waals surface area contributed by atoms with E-state index >= 15 is 0 Å². The number of benzene rings is 2. The van der Waals surface area contributed by atoms with Crippen molar-refractivity contribution in [2.24, 2.45) is 0 Å². The Morgan fingerprint density at radius 3 is 2.79 bits per heavy atom. The Bertz CT molecular complexity index is 802. The quantitative estimate of drug-likeness (QED) is 0.651. The molecule has 1 N–H and O–H groups in total. The third-order valence-electron chi connectivity index (χ3n) is 3.31. The van der Waals surface area contributed by atoms with Crippen LogP contribution in [0.4, 0.5) is 5.69 Å². The molecule has 0 bridgehead atoms. The van der Waals surface area contributed by atoms with Gasteiger partial charge in [0.05, 0.1) is 11.2 Å². The lowest BCUT2D eigenvalue weighted by Gasteiger charge is -2.08. The second-order valence-electron chi connectivity index (χ2n) is 4.98. The van der Waals surface area contributed by atoms with Crippen molar-refractivity contribution in [2.45, 2.75) is 11.5 Å². The summed E-state index contributed by atoms with van der Waals surface area (Å²) in [5.74, 6) is 0.486. The molecule has 4 nitrogen and oxygen atoms in total. The molecule has 1 aromatic heterocycles. The van der Waals surface area contributed by atoms with E-state index in [0.717, 1.165) is 16.3 Å². The van der Waals surface area contributed by atoms with Crippen molar-refractivity contribution in [1.29, 1.82) is 0 Å². The molecular formula is C18H16N2O2S2. The number of thioether (sulfide) groups is 1. The zero-order valence-electron chi connectivity index (χ0n) is 13.1. The number of carbonyl (C=O) groups excluding carboxylic acids is 1. The highest BCUT2D eigenvalue weighted by Crippen LogP contribution is 2.19. The predicted octanol–water partition coefficient (Wildman–Crippen LogP) is 4.70. The van der Waals surface area contributed by atoms with Gasteiger partial charge in [0.15, 0.2) is 0 Å². The number of carbonyl (C=O) groups is 1. The number of nitrogens with one attached hydrogen (secondary N) is 1. The van der Waals surface area contributed by atoms with Crippen molar-refractivity contribution in [3.05, 3.63) is 70.7 Å². The Kier molecular flexibility index (Phi) is 5.51. The van der Waals surface area contributed by atoms with Crippen LogP contribution in [0, 0.1) is 0 Å². The van der Waals surface area contributed by atoms with Crippen LogP contribution in [0.1, 0.15) is 16.1 Å². The van der Waals surface area contributed by atoms with Crippen LogP contribution in [0.2, 0.25) is 0 Å². The minimum atomic E-state index is -0.161. The summed E-state index contributed by atoms with van der Waals surface area (Å²) < 4.78 is 5.68. The summed E-state index contributed by atoms with van der Waals surface area (Å²) in [6, 6.07) is 14.9. The molecule has 0 spiro atoms. The van der Waals surface area contributed by atoms with Crippen molar-refractivity contribution in [1.82, 2.24) is 4.98 Å². The van der Waals surface area contributed by atoms with Gasteiger partial charge in [0, 0.05) is 21.5 Å². The molecule has 3 aromatic rings. The smallest absolute Gasteiger partial charge is 0.255 e. The number of hydrogen-bond acceptors (Lipinski definition) is 5. The highest BCUT2D eigenvalue weighted by atomic mass is 32.2. The summed E-state index contributed by atoms with van der Waals surface area (Å²) in [6.45, 7) is 0.394. The first kappa shape index (κ1) is 16.5. The molecule has 1 heterocycles. The Labute approximate surface area is 148 Å². The molecule has 0 saturated heterocycles. The van der Waals surface area contributed by atoms with Gasteiger partial charge in [0.25, 0.3) is 5.91 Å². The number of aromatic nitrogens is 1. The predicted molar refractivity (Wildman–Crippen MR) is 99.1 cm³/mol. The average molecular weight is 356 g/mol. The fraction of sp³-hybridized carbons (Fsp3) is 0.111. The molecule has 6 heteroatoms. The molecular weight excluding hydrogens is 340 g/mol. The van der Waals surface area contributed by atoms with Gasteiger partial charge >= 0.3 is 0 Å². The van der Waals surface area contributed by atoms with E-state index in [1.165, 1.54) is 11.3 Å². The number of thiazole rings is 1. The van der Waals surface area contributed by atoms with Crippen LogP contribution in [0.3, 0.4) is 0 Å². The first-order valence-electron chi connectivity index (χ1n) is 7.30. The number of nitrogens with zero attached hydrogens (tertiary/aromatic N) is 1. The molecule has 0 atom stereocenters. The van der Waals surface area contributed by atoms with Crippen molar-refractivity contribution >= 4 is 34.7 Å². The molecule has 0 radical (unpaired) electrons. The molecule has 0 aliphatic heterocycles. The van der Waals surface area contributed by atoms with Crippen LogP contribution >= 0.6 is 23.1 Å². The van der Waals surface area contributed by atoms with Gasteiger partial charge in [-0.25, -0.2) is 4.98 Å². The van der Waals surface area contributed by atoms with E-state index < -0.39 is 0 Å². The van der Waals surface area contributed by atoms with Gasteiger partial charge in [-0.3, -0.25) is 4.79 Å². The molecule has 0 aliphatic rings. The fourth-order valence-corrected chi connectivity index (χ4v) is 3.02. The lowest BCUT2D eigenvalue weighted by molar-refractivity contribution is 0.102. The van der Waals surface area contributed by atoms with Gasteiger partial charge in [-0.1, -0.05) is 6.07 Å². The van der Waals surface area contributed by atoms with Crippen LogP contribution < -0.4 is 10.1 Å². The van der Waals surface area contributed by atoms with E-state index in [9.17, 15) is 4.79 Å². The SMILES string of the molecule is CSc1ccc(NC(=O)c2cccc(OCc3cscn3)c2)cc1. The number of ether oxygens (including phenoxy) is 1. The second kappa shape index (κ2) is 7.99. The first-order valence-corrected chi connectivity index (χ1v) is 9.47. The minimum absolute atomic E-state index is 0.161. The third-order valence-corrected chi connectivity index (χ3v) is 4.69. The highest BCUT2D eigenvalue weighted by Gasteiger charge is 2.08. The maximum absolute atomic E-state index is 12.4. The average Bonchev–Trinajstić information content (AvgIpc) is 3.14. The van der Waals surface area contributed by atoms with Crippen molar-refractivity contribution < 1.29 is 9.53 Å². The summed E-state index contributed by atoms with van der Waals surface area (Å²) >= 11 is 3.20. The number of anilines is 1. The monoisotopic (exact) mass is 356 g/mol. The van der Waals surface area contributed by atoms with Gasteiger partial charge in [-0.2, -0.15) is 0 Å². The zero-order valence-corrected chi connectivity index (χ0v) is 14.7. The van der Waals surface area contributed by atoms with Gasteiger partial charge in [-0.15, -0.1) is 23.1 Å². The van der Waals surface area contributed by atoms with Crippen molar-refractivity contribution in [3.63, 3.8) is 0 Å². The van der Waals surface area contributed by atoms with Crippen molar-refractivity contribution in [3.8, 4) is 5.75 Å². The molecule has 1 amide bonds. The Morgan fingerprint density at radius 1 is 1.25 bits per heavy atom. The van der Waals surface area contributed by atoms with Crippen LogP contribution in [0.25, 0.3) is 0 Å². The van der Waals surface area contributed by atoms with Crippen LogP contribution in [0.5, 0.6) is 5.75 Å². The van der Waals surface area contributed by atoms with Gasteiger partial charge in [-0.05, 0) is 48.7 Å². The Hall–Kier alpha value is -2.31. The maximum atomic E-state index is 12.4. The number of rotatable bonds is 6. The summed E-state index contributed by atoms with van der Waals surface area (Å²) in [5, 5.41) is 4.83. The number of amides is 1. The molecule has 0 fully saturated rings. The van der Waals surface area contributed by atoms with Crippen LogP contribution in [0.15, 0.2) is 64.3 Å². The minimum Gasteiger partial charge on any atom is -0.487 e. The lowest BCUT2D eigenvalue weighted by atomic mass is 10.2. The van der Waals surface area contributed by atoms with Crippen molar-refractivity contribution in [2.75, 3.05) is 11.6 Å². The van der Waals surface area contributed by atoms with E-state index in [0.29, 0.717) is 17.9 Å². The summed E-state index contributed by atoms with van der Waals surface area (Å²) in [6.07, 6.45) is 2.02. The van der Waals surface area contributed by atoms with E-state index in [2.05, 4.69) is 10.3 Å². The Morgan fingerprint density at radius 2 is 2.08 bits per heavy atom. The first-order chi connectivity index (χ1) is 11.7. The van der Waals surface area contributed by atoms with Gasteiger partial charge < -0.3 is 10.1 Å². The van der Waals surface area contributed by atoms with Gasteiger partial charge in [0.2, 0.25) is 0 Å². The van der Waals surface area contributed by atoms with E-state index in [1.54, 1.807) is 29.4 Å². The summed E-state index contributed by atoms with van der Waals surface area (Å²) in [7, 11) is 0. The number of hydrogen-bond donors (Lipinski definition) is 1. The van der Waals surface area contributed by atoms with Gasteiger partial charge in [0.1, 0.15) is 12.4 Å². The molecule has 2 aromatic carbocycles. The standard InChI is InChI=1S/C18H16N2O2S2/c1-23-17-7-5-14(6-8-17)20-18(21)13-3-2-4-16(9-13)22-10-15-11-24-12-19-15/h2-9,11-12H,10H2,1H3,(H,20,21). The molecule has 122 valence electrons. The topological polar surface area (TPSA) is 51.2 Å². The second-order valence-corrected chi connectivity index (χ2v) is 6.58. The third kappa shape index (κ3) is 4.37. The largest absolute Gasteiger partial charge is 0.487 e. The zero-order chi connectivity index (χ0) is 16.8.